The lowest BCUT2D eigenvalue weighted by Gasteiger charge is -2.34. The lowest BCUT2D eigenvalue weighted by Crippen LogP contribution is -2.35. The first-order valence-electron chi connectivity index (χ1n) is 8.55. The van der Waals surface area contributed by atoms with Crippen LogP contribution >= 0.6 is 0 Å². The van der Waals surface area contributed by atoms with Crippen molar-refractivity contribution in [3.05, 3.63) is 23.3 Å². The Hall–Kier alpha value is -0.600. The average Bonchev–Trinajstić information content (AvgIpc) is 3.16. The van der Waals surface area contributed by atoms with E-state index in [9.17, 15) is 0 Å². The van der Waals surface area contributed by atoms with Crippen molar-refractivity contribution in [2.75, 3.05) is 26.2 Å². The molecule has 0 bridgehead atoms. The molecule has 0 aromatic rings. The quantitative estimate of drug-likeness (QED) is 0.755. The van der Waals surface area contributed by atoms with E-state index in [1.165, 1.54) is 77.5 Å². The maximum Gasteiger partial charge on any atom is 0.00143 e. The van der Waals surface area contributed by atoms with Gasteiger partial charge in [0.05, 0.1) is 0 Å². The molecule has 2 fully saturated rings. The first kappa shape index (κ1) is 13.1. The first-order chi connectivity index (χ1) is 9.78. The van der Waals surface area contributed by atoms with Crippen molar-refractivity contribution in [3.8, 4) is 0 Å². The molecule has 4 aliphatic rings. The van der Waals surface area contributed by atoms with Gasteiger partial charge in [0.1, 0.15) is 0 Å². The van der Waals surface area contributed by atoms with Gasteiger partial charge in [0.25, 0.3) is 0 Å². The predicted molar refractivity (Wildman–Crippen MR) is 83.7 cm³/mol. The van der Waals surface area contributed by atoms with E-state index in [1.807, 2.05) is 0 Å². The Bertz CT molecular complexity index is 434. The molecule has 2 heterocycles. The molecular weight excluding hydrogens is 244 g/mol. The van der Waals surface area contributed by atoms with Gasteiger partial charge in [0, 0.05) is 6.54 Å². The van der Waals surface area contributed by atoms with Crippen LogP contribution in [0.4, 0.5) is 0 Å². The fraction of sp³-hybridized carbons (Fsp3) is 0.778. The van der Waals surface area contributed by atoms with E-state index in [2.05, 4.69) is 22.8 Å². The van der Waals surface area contributed by atoms with Crippen molar-refractivity contribution in [2.45, 2.75) is 51.4 Å². The van der Waals surface area contributed by atoms with Crippen molar-refractivity contribution in [3.63, 3.8) is 0 Å². The van der Waals surface area contributed by atoms with Crippen LogP contribution in [0.1, 0.15) is 51.4 Å². The van der Waals surface area contributed by atoms with Gasteiger partial charge in [-0.1, -0.05) is 23.3 Å². The zero-order valence-electron chi connectivity index (χ0n) is 12.6. The lowest BCUT2D eigenvalue weighted by molar-refractivity contribution is 0.216. The summed E-state index contributed by atoms with van der Waals surface area (Å²) >= 11 is 0. The van der Waals surface area contributed by atoms with E-state index in [1.54, 1.807) is 11.1 Å². The monoisotopic (exact) mass is 272 g/mol. The van der Waals surface area contributed by atoms with Crippen molar-refractivity contribution in [2.24, 2.45) is 10.8 Å². The molecule has 2 saturated heterocycles. The van der Waals surface area contributed by atoms with Crippen molar-refractivity contribution in [1.29, 1.82) is 0 Å². The molecule has 20 heavy (non-hydrogen) atoms. The third-order valence-electron chi connectivity index (χ3n) is 6.30. The molecule has 0 aromatic carbocycles. The van der Waals surface area contributed by atoms with Crippen molar-refractivity contribution >= 4 is 0 Å². The Morgan fingerprint density at radius 2 is 1.40 bits per heavy atom. The maximum absolute atomic E-state index is 3.56. The summed E-state index contributed by atoms with van der Waals surface area (Å²) in [7, 11) is 0. The largest absolute Gasteiger partial charge is 0.317 e. The van der Waals surface area contributed by atoms with Crippen LogP contribution in [-0.4, -0.2) is 26.2 Å². The number of rotatable bonds is 2. The van der Waals surface area contributed by atoms with Crippen LogP contribution in [0.15, 0.2) is 23.3 Å². The van der Waals surface area contributed by atoms with Gasteiger partial charge < -0.3 is 10.6 Å². The number of piperidine rings is 1. The molecule has 4 rings (SSSR count). The molecule has 2 N–H and O–H groups in total. The molecule has 1 atom stereocenters. The van der Waals surface area contributed by atoms with Crippen LogP contribution in [0.25, 0.3) is 0 Å². The highest BCUT2D eigenvalue weighted by Gasteiger charge is 2.39. The van der Waals surface area contributed by atoms with E-state index in [0.29, 0.717) is 10.8 Å². The summed E-state index contributed by atoms with van der Waals surface area (Å²) in [6.07, 6.45) is 16.1. The van der Waals surface area contributed by atoms with Crippen molar-refractivity contribution < 1.29 is 0 Å². The second-order valence-corrected chi connectivity index (χ2v) is 7.84. The minimum atomic E-state index is 0.612. The Labute approximate surface area is 123 Å². The summed E-state index contributed by atoms with van der Waals surface area (Å²) in [4.78, 5) is 0. The summed E-state index contributed by atoms with van der Waals surface area (Å²) < 4.78 is 0. The number of hydrogen-bond donors (Lipinski definition) is 2. The van der Waals surface area contributed by atoms with E-state index in [4.69, 9.17) is 0 Å². The Balaban J connectivity index is 1.34. The highest BCUT2D eigenvalue weighted by Crippen LogP contribution is 2.49. The lowest BCUT2D eigenvalue weighted by atomic mass is 9.75. The minimum Gasteiger partial charge on any atom is -0.317 e. The summed E-state index contributed by atoms with van der Waals surface area (Å²) in [5.41, 5.74) is 4.75. The smallest absolute Gasteiger partial charge is 0.00143 e. The molecule has 0 amide bonds. The van der Waals surface area contributed by atoms with Gasteiger partial charge >= 0.3 is 0 Å². The van der Waals surface area contributed by atoms with Crippen LogP contribution in [0.5, 0.6) is 0 Å². The fourth-order valence-corrected chi connectivity index (χ4v) is 4.99. The molecule has 0 aromatic heterocycles. The zero-order valence-corrected chi connectivity index (χ0v) is 12.6. The Morgan fingerprint density at radius 3 is 2.10 bits per heavy atom. The van der Waals surface area contributed by atoms with Gasteiger partial charge in [-0.05, 0) is 81.8 Å². The average molecular weight is 272 g/mol. The van der Waals surface area contributed by atoms with Gasteiger partial charge in [-0.2, -0.15) is 0 Å². The first-order valence-corrected chi connectivity index (χ1v) is 8.55. The number of allylic oxidation sites excluding steroid dienone is 4. The predicted octanol–water partition coefficient (Wildman–Crippen LogP) is 3.17. The fourth-order valence-electron chi connectivity index (χ4n) is 4.99. The summed E-state index contributed by atoms with van der Waals surface area (Å²) in [5.74, 6) is 0. The molecule has 1 unspecified atom stereocenters. The Morgan fingerprint density at radius 1 is 0.800 bits per heavy atom. The second kappa shape index (κ2) is 4.99. The summed E-state index contributed by atoms with van der Waals surface area (Å²) in [5, 5.41) is 7.08. The molecule has 0 radical (unpaired) electrons. The molecule has 2 spiro atoms. The SMILES string of the molecule is C1=C(CC2=CCC3(CCNC3)C2)CC2(C1)CCNCC2. The summed E-state index contributed by atoms with van der Waals surface area (Å²) in [6, 6.07) is 0. The van der Waals surface area contributed by atoms with Gasteiger partial charge in [0.15, 0.2) is 0 Å². The molecular formula is C18H28N2. The third kappa shape index (κ3) is 2.37. The van der Waals surface area contributed by atoms with Crippen LogP contribution in [0.2, 0.25) is 0 Å². The zero-order chi connectivity index (χ0) is 13.5. The van der Waals surface area contributed by atoms with Gasteiger partial charge in [-0.3, -0.25) is 0 Å². The Kier molecular flexibility index (Phi) is 3.27. The standard InChI is InChI=1S/C18H28N2/c1-3-17(5-8-19-9-6-17)12-15(1)11-16-2-4-18(13-16)7-10-20-14-18/h1-2,19-20H,3-14H2. The van der Waals surface area contributed by atoms with Crippen LogP contribution in [-0.2, 0) is 0 Å². The molecule has 0 saturated carbocycles. The van der Waals surface area contributed by atoms with Gasteiger partial charge in [-0.15, -0.1) is 0 Å². The van der Waals surface area contributed by atoms with Gasteiger partial charge in [-0.25, -0.2) is 0 Å². The molecule has 2 aliphatic carbocycles. The maximum atomic E-state index is 3.56. The minimum absolute atomic E-state index is 0.612. The van der Waals surface area contributed by atoms with Crippen LogP contribution in [0.3, 0.4) is 0 Å². The normalized spacial score (nSPS) is 35.8. The third-order valence-corrected chi connectivity index (χ3v) is 6.30. The van der Waals surface area contributed by atoms with Crippen molar-refractivity contribution in [1.82, 2.24) is 10.6 Å². The number of hydrogen-bond acceptors (Lipinski definition) is 2. The van der Waals surface area contributed by atoms with Crippen LogP contribution in [0, 0.1) is 10.8 Å². The topological polar surface area (TPSA) is 24.1 Å². The highest BCUT2D eigenvalue weighted by atomic mass is 14.9. The van der Waals surface area contributed by atoms with E-state index in [0.717, 1.165) is 0 Å². The number of nitrogens with one attached hydrogen (secondary N) is 2. The van der Waals surface area contributed by atoms with E-state index in [-0.39, 0.29) is 0 Å². The highest BCUT2D eigenvalue weighted by molar-refractivity contribution is 5.26. The second-order valence-electron chi connectivity index (χ2n) is 7.84. The van der Waals surface area contributed by atoms with E-state index >= 15 is 0 Å². The van der Waals surface area contributed by atoms with E-state index < -0.39 is 0 Å². The van der Waals surface area contributed by atoms with Gasteiger partial charge in [0.2, 0.25) is 0 Å². The molecule has 110 valence electrons. The molecule has 2 heteroatoms. The summed E-state index contributed by atoms with van der Waals surface area (Å²) in [6.45, 7) is 4.96. The van der Waals surface area contributed by atoms with Crippen LogP contribution < -0.4 is 10.6 Å². The molecule has 2 nitrogen and oxygen atoms in total. The molecule has 2 aliphatic heterocycles.